The van der Waals surface area contributed by atoms with Crippen molar-refractivity contribution < 1.29 is 14.4 Å². The molecule has 0 bridgehead atoms. The number of carbonyl (C=O) groups is 3. The van der Waals surface area contributed by atoms with Gasteiger partial charge >= 0.3 is 17.8 Å². The van der Waals surface area contributed by atoms with Gasteiger partial charge in [-0.2, -0.15) is 0 Å². The summed E-state index contributed by atoms with van der Waals surface area (Å²) in [6.07, 6.45) is 0. The van der Waals surface area contributed by atoms with Crippen molar-refractivity contribution in [3.05, 3.63) is 26.8 Å². The molecule has 2 rings (SSSR count). The first-order valence-corrected chi connectivity index (χ1v) is 5.61. The maximum atomic E-state index is 11.4. The molecule has 4 amide bonds. The fourth-order valence-corrected chi connectivity index (χ4v) is 2.39. The van der Waals surface area contributed by atoms with Gasteiger partial charge in [0.2, 0.25) is 0 Å². The molecule has 1 aromatic carbocycles. The van der Waals surface area contributed by atoms with Crippen LogP contribution >= 0.6 is 34.2 Å². The quantitative estimate of drug-likeness (QED) is 0.474. The topological polar surface area (TPSA) is 66.5 Å². The van der Waals surface area contributed by atoms with Crippen LogP contribution in [0.3, 0.4) is 0 Å². The van der Waals surface area contributed by atoms with Crippen LogP contribution in [0.4, 0.5) is 10.5 Å². The van der Waals surface area contributed by atoms with Gasteiger partial charge in [0.1, 0.15) is 0 Å². The summed E-state index contributed by atoms with van der Waals surface area (Å²) in [5, 5.41) is 2.41. The molecule has 7 heteroatoms. The van der Waals surface area contributed by atoms with Crippen LogP contribution in [0.1, 0.15) is 0 Å². The van der Waals surface area contributed by atoms with E-state index < -0.39 is 17.8 Å². The summed E-state index contributed by atoms with van der Waals surface area (Å²) in [5.74, 6) is -1.80. The third-order valence-corrected chi connectivity index (χ3v) is 3.07. The van der Waals surface area contributed by atoms with Crippen molar-refractivity contribution in [3.8, 4) is 0 Å². The summed E-state index contributed by atoms with van der Waals surface area (Å²) >= 11 is 7.68. The Bertz CT molecular complexity index is 517. The molecule has 0 saturated carbocycles. The molecule has 0 aromatic heterocycles. The number of benzene rings is 1. The van der Waals surface area contributed by atoms with Crippen LogP contribution in [-0.4, -0.2) is 17.8 Å². The zero-order valence-electron chi connectivity index (χ0n) is 7.66. The van der Waals surface area contributed by atoms with Crippen LogP contribution in [0.15, 0.2) is 18.2 Å². The number of hydrogen-bond acceptors (Lipinski definition) is 3. The van der Waals surface area contributed by atoms with Crippen LogP contribution < -0.4 is 10.2 Å². The van der Waals surface area contributed by atoms with Crippen molar-refractivity contribution in [3.63, 3.8) is 0 Å². The van der Waals surface area contributed by atoms with Gasteiger partial charge in [-0.3, -0.25) is 14.9 Å². The molecule has 16 heavy (non-hydrogen) atoms. The van der Waals surface area contributed by atoms with E-state index in [1.165, 1.54) is 6.07 Å². The van der Waals surface area contributed by atoms with Gasteiger partial charge in [0, 0.05) is 8.59 Å². The molecule has 0 aliphatic carbocycles. The minimum absolute atomic E-state index is 0.346. The number of halogens is 2. The lowest BCUT2D eigenvalue weighted by Crippen LogP contribution is -2.31. The normalized spacial score (nSPS) is 15.6. The van der Waals surface area contributed by atoms with Crippen molar-refractivity contribution in [2.24, 2.45) is 0 Å². The number of rotatable bonds is 1. The maximum Gasteiger partial charge on any atom is 0.336 e. The summed E-state index contributed by atoms with van der Waals surface area (Å²) in [5.41, 5.74) is 0.346. The Labute approximate surface area is 109 Å². The Hall–Kier alpha value is -1.15. The molecular formula is C9H4ClIN2O3. The Balaban J connectivity index is 2.48. The highest BCUT2D eigenvalue weighted by molar-refractivity contribution is 14.1. The monoisotopic (exact) mass is 350 g/mol. The van der Waals surface area contributed by atoms with Gasteiger partial charge in [0.25, 0.3) is 0 Å². The van der Waals surface area contributed by atoms with Crippen LogP contribution in [-0.2, 0) is 9.59 Å². The lowest BCUT2D eigenvalue weighted by Gasteiger charge is -2.13. The number of nitrogens with zero attached hydrogens (tertiary/aromatic N) is 1. The zero-order chi connectivity index (χ0) is 11.9. The number of carbonyl (C=O) groups excluding carboxylic acids is 3. The van der Waals surface area contributed by atoms with Crippen molar-refractivity contribution in [1.82, 2.24) is 5.32 Å². The van der Waals surface area contributed by atoms with E-state index in [4.69, 9.17) is 11.6 Å². The van der Waals surface area contributed by atoms with Crippen LogP contribution in [0, 0.1) is 3.57 Å². The average molecular weight is 350 g/mol. The molecule has 1 aliphatic heterocycles. The molecule has 82 valence electrons. The SMILES string of the molecule is O=C1NC(=O)N(c2ccc(Cl)cc2I)C1=O. The standard InChI is InChI=1S/C9H4ClIN2O3/c10-4-1-2-6(5(11)3-4)13-8(15)7(14)12-9(13)16/h1-3H,(H,12,14,16). The summed E-state index contributed by atoms with van der Waals surface area (Å²) in [7, 11) is 0. The number of urea groups is 1. The van der Waals surface area contributed by atoms with Crippen LogP contribution in [0.5, 0.6) is 0 Å². The molecule has 0 radical (unpaired) electrons. The highest BCUT2D eigenvalue weighted by Gasteiger charge is 2.38. The number of imide groups is 2. The summed E-state index contributed by atoms with van der Waals surface area (Å²) in [6.45, 7) is 0. The maximum absolute atomic E-state index is 11.4. The third kappa shape index (κ3) is 1.78. The lowest BCUT2D eigenvalue weighted by molar-refractivity contribution is -0.134. The number of amides is 4. The van der Waals surface area contributed by atoms with Gasteiger partial charge < -0.3 is 0 Å². The second-order valence-electron chi connectivity index (χ2n) is 3.00. The predicted octanol–water partition coefficient (Wildman–Crippen LogP) is 1.53. The molecular weight excluding hydrogens is 346 g/mol. The van der Waals surface area contributed by atoms with Gasteiger partial charge in [0.15, 0.2) is 0 Å². The molecule has 0 spiro atoms. The molecule has 1 N–H and O–H groups in total. The van der Waals surface area contributed by atoms with Gasteiger partial charge in [-0.1, -0.05) is 11.6 Å². The van der Waals surface area contributed by atoms with E-state index in [-0.39, 0.29) is 0 Å². The van der Waals surface area contributed by atoms with Crippen molar-refractivity contribution in [1.29, 1.82) is 0 Å². The van der Waals surface area contributed by atoms with Crippen molar-refractivity contribution in [2.75, 3.05) is 4.90 Å². The van der Waals surface area contributed by atoms with Crippen molar-refractivity contribution in [2.45, 2.75) is 0 Å². The zero-order valence-corrected chi connectivity index (χ0v) is 10.6. The third-order valence-electron chi connectivity index (χ3n) is 1.97. The highest BCUT2D eigenvalue weighted by atomic mass is 127. The molecule has 1 saturated heterocycles. The van der Waals surface area contributed by atoms with Gasteiger partial charge in [-0.05, 0) is 40.8 Å². The molecule has 1 heterocycles. The van der Waals surface area contributed by atoms with Crippen LogP contribution in [0.25, 0.3) is 0 Å². The van der Waals surface area contributed by atoms with Gasteiger partial charge in [-0.15, -0.1) is 0 Å². The highest BCUT2D eigenvalue weighted by Crippen LogP contribution is 2.27. The summed E-state index contributed by atoms with van der Waals surface area (Å²) in [6, 6.07) is 3.92. The minimum atomic E-state index is -0.921. The molecule has 5 nitrogen and oxygen atoms in total. The number of anilines is 1. The second kappa shape index (κ2) is 4.02. The molecule has 1 fully saturated rings. The predicted molar refractivity (Wildman–Crippen MR) is 65.2 cm³/mol. The lowest BCUT2D eigenvalue weighted by atomic mass is 10.3. The van der Waals surface area contributed by atoms with Crippen LogP contribution in [0.2, 0.25) is 5.02 Å². The Morgan fingerprint density at radius 1 is 1.25 bits per heavy atom. The first-order valence-electron chi connectivity index (χ1n) is 4.15. The van der Waals surface area contributed by atoms with E-state index in [0.717, 1.165) is 4.90 Å². The summed E-state index contributed by atoms with van der Waals surface area (Å²) < 4.78 is 0.614. The Kier molecular flexibility index (Phi) is 2.85. The smallest absolute Gasteiger partial charge is 0.269 e. The van der Waals surface area contributed by atoms with Gasteiger partial charge in [0.05, 0.1) is 5.69 Å². The van der Waals surface area contributed by atoms with E-state index >= 15 is 0 Å². The largest absolute Gasteiger partial charge is 0.336 e. The average Bonchev–Trinajstić information content (AvgIpc) is 2.43. The molecule has 1 aromatic rings. The van der Waals surface area contributed by atoms with E-state index in [2.05, 4.69) is 0 Å². The molecule has 1 aliphatic rings. The van der Waals surface area contributed by atoms with Gasteiger partial charge in [-0.25, -0.2) is 9.69 Å². The minimum Gasteiger partial charge on any atom is -0.269 e. The number of hydrogen-bond donors (Lipinski definition) is 1. The van der Waals surface area contributed by atoms with E-state index in [1.807, 2.05) is 27.9 Å². The molecule has 0 unspecified atom stereocenters. The van der Waals surface area contributed by atoms with Crippen molar-refractivity contribution >= 4 is 57.7 Å². The fraction of sp³-hybridized carbons (Fsp3) is 0. The van der Waals surface area contributed by atoms with E-state index in [0.29, 0.717) is 14.3 Å². The summed E-state index contributed by atoms with van der Waals surface area (Å²) in [4.78, 5) is 34.6. The molecule has 0 atom stereocenters. The van der Waals surface area contributed by atoms with E-state index in [1.54, 1.807) is 12.1 Å². The fourth-order valence-electron chi connectivity index (χ4n) is 1.28. The number of nitrogens with one attached hydrogen (secondary N) is 1. The first kappa shape index (κ1) is 11.3. The second-order valence-corrected chi connectivity index (χ2v) is 4.59. The Morgan fingerprint density at radius 3 is 2.44 bits per heavy atom. The Morgan fingerprint density at radius 2 is 1.94 bits per heavy atom. The van der Waals surface area contributed by atoms with E-state index in [9.17, 15) is 14.4 Å². The first-order chi connectivity index (χ1) is 7.50.